The molecule has 1 aromatic rings. The number of anilines is 1. The Balaban J connectivity index is 1.97. The monoisotopic (exact) mass is 247 g/mol. The van der Waals surface area contributed by atoms with Crippen molar-refractivity contribution in [2.24, 2.45) is 0 Å². The number of nitriles is 1. The second-order valence-corrected chi connectivity index (χ2v) is 4.85. The highest BCUT2D eigenvalue weighted by Crippen LogP contribution is 2.17. The van der Waals surface area contributed by atoms with Crippen LogP contribution < -0.4 is 5.32 Å². The Morgan fingerprint density at radius 3 is 3.00 bits per heavy atom. The lowest BCUT2D eigenvalue weighted by Crippen LogP contribution is -2.40. The number of hydrogen-bond donors (Lipinski definition) is 1. The summed E-state index contributed by atoms with van der Waals surface area (Å²) in [5, 5.41) is 12.0. The van der Waals surface area contributed by atoms with Crippen LogP contribution in [0.1, 0.15) is 24.8 Å². The third-order valence-electron chi connectivity index (χ3n) is 3.49. The first kappa shape index (κ1) is 12.8. The molecule has 96 valence electrons. The van der Waals surface area contributed by atoms with E-state index in [4.69, 9.17) is 5.26 Å². The summed E-state index contributed by atoms with van der Waals surface area (Å²) in [4.78, 5) is 2.33. The zero-order valence-corrected chi connectivity index (χ0v) is 10.6. The Labute approximate surface area is 107 Å². The van der Waals surface area contributed by atoms with Gasteiger partial charge in [0.15, 0.2) is 0 Å². The molecule has 1 heterocycles. The van der Waals surface area contributed by atoms with E-state index in [-0.39, 0.29) is 5.82 Å². The first-order valence-corrected chi connectivity index (χ1v) is 6.34. The molecule has 1 aliphatic rings. The van der Waals surface area contributed by atoms with E-state index in [9.17, 15) is 4.39 Å². The van der Waals surface area contributed by atoms with Gasteiger partial charge in [-0.1, -0.05) is 6.42 Å². The normalized spacial score (nSPS) is 20.4. The highest BCUT2D eigenvalue weighted by Gasteiger charge is 2.18. The molecule has 0 radical (unpaired) electrons. The predicted molar refractivity (Wildman–Crippen MR) is 69.9 cm³/mol. The van der Waals surface area contributed by atoms with Gasteiger partial charge in [0.1, 0.15) is 5.82 Å². The highest BCUT2D eigenvalue weighted by molar-refractivity contribution is 5.49. The molecule has 0 spiro atoms. The Bertz CT molecular complexity index is 453. The first-order chi connectivity index (χ1) is 8.69. The maximum atomic E-state index is 13.3. The summed E-state index contributed by atoms with van der Waals surface area (Å²) < 4.78 is 13.3. The largest absolute Gasteiger partial charge is 0.383 e. The van der Waals surface area contributed by atoms with E-state index in [2.05, 4.69) is 17.3 Å². The molecular formula is C14H18FN3. The molecule has 1 fully saturated rings. The highest BCUT2D eigenvalue weighted by atomic mass is 19.1. The van der Waals surface area contributed by atoms with Crippen molar-refractivity contribution >= 4 is 5.69 Å². The minimum atomic E-state index is -0.367. The van der Waals surface area contributed by atoms with Crippen molar-refractivity contribution in [1.82, 2.24) is 4.90 Å². The number of halogens is 1. The van der Waals surface area contributed by atoms with E-state index in [1.807, 2.05) is 6.07 Å². The number of rotatable bonds is 3. The molecule has 1 atom stereocenters. The van der Waals surface area contributed by atoms with Crippen LogP contribution >= 0.6 is 0 Å². The minimum Gasteiger partial charge on any atom is -0.383 e. The van der Waals surface area contributed by atoms with Crippen LogP contribution in [-0.2, 0) is 0 Å². The summed E-state index contributed by atoms with van der Waals surface area (Å²) in [6.07, 6.45) is 3.68. The summed E-state index contributed by atoms with van der Waals surface area (Å²) >= 11 is 0. The van der Waals surface area contributed by atoms with Crippen LogP contribution in [0, 0.1) is 17.1 Å². The van der Waals surface area contributed by atoms with Gasteiger partial charge in [-0.15, -0.1) is 0 Å². The van der Waals surface area contributed by atoms with Crippen molar-refractivity contribution in [2.45, 2.75) is 25.3 Å². The lowest BCUT2D eigenvalue weighted by Gasteiger charge is -2.32. The zero-order chi connectivity index (χ0) is 13.0. The number of hydrogen-bond acceptors (Lipinski definition) is 3. The molecular weight excluding hydrogens is 229 g/mol. The number of benzene rings is 1. The van der Waals surface area contributed by atoms with Crippen molar-refractivity contribution in [3.63, 3.8) is 0 Å². The van der Waals surface area contributed by atoms with Crippen LogP contribution in [0.15, 0.2) is 18.2 Å². The molecule has 1 aliphatic heterocycles. The number of likely N-dealkylation sites (tertiary alicyclic amines) is 1. The van der Waals surface area contributed by atoms with Crippen LogP contribution in [0.2, 0.25) is 0 Å². The molecule has 0 aliphatic carbocycles. The van der Waals surface area contributed by atoms with Crippen molar-refractivity contribution in [3.8, 4) is 6.07 Å². The fourth-order valence-electron chi connectivity index (χ4n) is 2.39. The average Bonchev–Trinajstić information content (AvgIpc) is 2.37. The van der Waals surface area contributed by atoms with Crippen LogP contribution in [0.25, 0.3) is 0 Å². The Kier molecular flexibility index (Phi) is 4.16. The molecule has 4 heteroatoms. The molecule has 2 rings (SSSR count). The van der Waals surface area contributed by atoms with Gasteiger partial charge in [0.05, 0.1) is 11.6 Å². The molecule has 1 N–H and O–H groups in total. The summed E-state index contributed by atoms with van der Waals surface area (Å²) in [6, 6.07) is 6.83. The van der Waals surface area contributed by atoms with Gasteiger partial charge in [-0.05, 0) is 44.6 Å². The molecule has 3 nitrogen and oxygen atoms in total. The second-order valence-electron chi connectivity index (χ2n) is 4.85. The summed E-state index contributed by atoms with van der Waals surface area (Å²) in [7, 11) is 2.12. The lowest BCUT2D eigenvalue weighted by atomic mass is 10.0. The van der Waals surface area contributed by atoms with Gasteiger partial charge in [0, 0.05) is 18.3 Å². The van der Waals surface area contributed by atoms with Gasteiger partial charge < -0.3 is 10.2 Å². The first-order valence-electron chi connectivity index (χ1n) is 6.34. The quantitative estimate of drug-likeness (QED) is 0.892. The zero-order valence-electron chi connectivity index (χ0n) is 10.6. The van der Waals surface area contributed by atoms with Crippen molar-refractivity contribution < 1.29 is 4.39 Å². The Morgan fingerprint density at radius 2 is 2.28 bits per heavy atom. The number of piperidine rings is 1. The summed E-state index contributed by atoms with van der Waals surface area (Å²) in [5.74, 6) is -0.367. The maximum Gasteiger partial charge on any atom is 0.126 e. The lowest BCUT2D eigenvalue weighted by molar-refractivity contribution is 0.194. The molecule has 18 heavy (non-hydrogen) atoms. The maximum absolute atomic E-state index is 13.3. The van der Waals surface area contributed by atoms with E-state index >= 15 is 0 Å². The van der Waals surface area contributed by atoms with Gasteiger partial charge in [0.2, 0.25) is 0 Å². The molecule has 1 saturated heterocycles. The van der Waals surface area contributed by atoms with E-state index in [0.29, 0.717) is 17.3 Å². The molecule has 0 amide bonds. The van der Waals surface area contributed by atoms with Crippen LogP contribution in [0.4, 0.5) is 10.1 Å². The summed E-state index contributed by atoms with van der Waals surface area (Å²) in [5.41, 5.74) is 1.04. The van der Waals surface area contributed by atoms with Crippen LogP contribution in [0.3, 0.4) is 0 Å². The molecule has 0 aromatic heterocycles. The third-order valence-corrected chi connectivity index (χ3v) is 3.49. The second kappa shape index (κ2) is 5.83. The van der Waals surface area contributed by atoms with E-state index in [0.717, 1.165) is 13.1 Å². The van der Waals surface area contributed by atoms with E-state index in [1.165, 1.54) is 31.4 Å². The number of likely N-dealkylation sites (N-methyl/N-ethyl adjacent to an activating group) is 1. The minimum absolute atomic E-state index is 0.356. The van der Waals surface area contributed by atoms with Gasteiger partial charge >= 0.3 is 0 Å². The fourth-order valence-corrected chi connectivity index (χ4v) is 2.39. The van der Waals surface area contributed by atoms with Crippen LogP contribution in [-0.4, -0.2) is 31.1 Å². The number of nitrogens with one attached hydrogen (secondary N) is 1. The van der Waals surface area contributed by atoms with Crippen LogP contribution in [0.5, 0.6) is 0 Å². The number of nitrogens with zero attached hydrogens (tertiary/aromatic N) is 2. The van der Waals surface area contributed by atoms with Gasteiger partial charge in [0.25, 0.3) is 0 Å². The Hall–Kier alpha value is -1.60. The SMILES string of the molecule is CN1CCCCC1CNc1cc(F)cc(C#N)c1. The van der Waals surface area contributed by atoms with Crippen molar-refractivity contribution in [2.75, 3.05) is 25.5 Å². The summed E-state index contributed by atoms with van der Waals surface area (Å²) in [6.45, 7) is 1.92. The smallest absolute Gasteiger partial charge is 0.126 e. The van der Waals surface area contributed by atoms with Gasteiger partial charge in [-0.3, -0.25) is 0 Å². The van der Waals surface area contributed by atoms with E-state index in [1.54, 1.807) is 6.07 Å². The van der Waals surface area contributed by atoms with Crippen molar-refractivity contribution in [1.29, 1.82) is 5.26 Å². The standard InChI is InChI=1S/C14H18FN3/c1-18-5-3-2-4-14(18)10-17-13-7-11(9-16)6-12(15)8-13/h6-8,14,17H,2-5,10H2,1H3. The van der Waals surface area contributed by atoms with Crippen molar-refractivity contribution in [3.05, 3.63) is 29.6 Å². The predicted octanol–water partition coefficient (Wildman–Crippen LogP) is 2.59. The average molecular weight is 247 g/mol. The fraction of sp³-hybridized carbons (Fsp3) is 0.500. The van der Waals surface area contributed by atoms with Gasteiger partial charge in [-0.2, -0.15) is 5.26 Å². The van der Waals surface area contributed by atoms with E-state index < -0.39 is 0 Å². The van der Waals surface area contributed by atoms with Gasteiger partial charge in [-0.25, -0.2) is 4.39 Å². The topological polar surface area (TPSA) is 39.1 Å². The molecule has 1 aromatic carbocycles. The molecule has 0 saturated carbocycles. The third kappa shape index (κ3) is 3.21. The molecule has 0 bridgehead atoms. The Morgan fingerprint density at radius 1 is 1.44 bits per heavy atom. The molecule has 1 unspecified atom stereocenters.